The van der Waals surface area contributed by atoms with E-state index in [0.717, 1.165) is 31.2 Å². The van der Waals surface area contributed by atoms with Crippen LogP contribution in [0.3, 0.4) is 0 Å². The van der Waals surface area contributed by atoms with Crippen molar-refractivity contribution in [1.82, 2.24) is 0 Å². The number of benzene rings is 1. The van der Waals surface area contributed by atoms with Crippen LogP contribution >= 0.6 is 0 Å². The van der Waals surface area contributed by atoms with Crippen LogP contribution in [0.1, 0.15) is 62.8 Å². The average molecular weight is 504 g/mol. The van der Waals surface area contributed by atoms with E-state index in [1.165, 1.54) is 50.7 Å². The standard InChI is InChI=1S/C18H23F2.Ra.H/c19-17-11-10-16(12-18(17)20)15-8-6-14(7-9-15)13-4-2-1-3-5-13;;/h1,10-15H,2-9H2;;. The Morgan fingerprint density at radius 1 is 0.762 bits per heavy atom. The van der Waals surface area contributed by atoms with Gasteiger partial charge in [-0.2, -0.15) is 0 Å². The van der Waals surface area contributed by atoms with Crippen LogP contribution in [-0.4, -0.2) is 0 Å². The summed E-state index contributed by atoms with van der Waals surface area (Å²) in [6.45, 7) is 0. The predicted molar refractivity (Wildman–Crippen MR) is 78.2 cm³/mol. The van der Waals surface area contributed by atoms with Gasteiger partial charge >= 0.3 is 153 Å². The molecule has 2 aliphatic carbocycles. The van der Waals surface area contributed by atoms with E-state index in [2.05, 4.69) is 0 Å². The summed E-state index contributed by atoms with van der Waals surface area (Å²) in [7, 11) is 0. The molecular weight excluding hydrogens is 480 g/mol. The fraction of sp³-hybridized carbons (Fsp3) is 0.667. The second-order valence-electron chi connectivity index (χ2n) is 7.31. The van der Waals surface area contributed by atoms with Crippen molar-refractivity contribution in [2.75, 3.05) is 0 Å². The Kier molecular flexibility index (Phi) is 5.79. The number of hydrogen-bond acceptors (Lipinski definition) is 0. The number of halogens is 2. The van der Waals surface area contributed by atoms with Crippen molar-refractivity contribution in [3.63, 3.8) is 0 Å². The van der Waals surface area contributed by atoms with Gasteiger partial charge in [0.15, 0.2) is 0 Å². The van der Waals surface area contributed by atoms with Crippen LogP contribution in [0.25, 0.3) is 0 Å². The summed E-state index contributed by atoms with van der Waals surface area (Å²) in [4.78, 5) is 0. The van der Waals surface area contributed by atoms with Gasteiger partial charge < -0.3 is 0 Å². The first-order valence-electron chi connectivity index (χ1n) is 8.58. The summed E-state index contributed by atoms with van der Waals surface area (Å²) in [6, 6.07) is 4.47. The van der Waals surface area contributed by atoms with Crippen LogP contribution < -0.4 is 0 Å². The van der Waals surface area contributed by atoms with Crippen LogP contribution in [-0.2, 0) is 0 Å². The zero-order chi connectivity index (χ0) is 14.8. The first-order valence-corrected chi connectivity index (χ1v) is 13.3. The van der Waals surface area contributed by atoms with Gasteiger partial charge in [-0.15, -0.1) is 0 Å². The second-order valence-corrected chi connectivity index (χ2v) is 14.0. The van der Waals surface area contributed by atoms with Gasteiger partial charge in [-0.3, -0.25) is 0 Å². The molecule has 0 amide bonds. The van der Waals surface area contributed by atoms with Gasteiger partial charge in [-0.05, 0) is 0 Å². The third-order valence-electron chi connectivity index (χ3n) is 5.91. The molecule has 0 bridgehead atoms. The first kappa shape index (κ1) is 16.4. The fourth-order valence-electron chi connectivity index (χ4n) is 4.45. The Bertz CT molecular complexity index is 472. The van der Waals surface area contributed by atoms with Crippen molar-refractivity contribution in [2.45, 2.75) is 58.2 Å². The van der Waals surface area contributed by atoms with Gasteiger partial charge in [-0.25, -0.2) is 4.39 Å². The molecule has 0 heterocycles. The van der Waals surface area contributed by atoms with Crippen molar-refractivity contribution < 1.29 is 51.6 Å². The van der Waals surface area contributed by atoms with Crippen molar-refractivity contribution in [3.05, 3.63) is 35.4 Å². The molecule has 2 saturated carbocycles. The van der Waals surface area contributed by atoms with Crippen LogP contribution in [0.15, 0.2) is 18.2 Å². The normalized spacial score (nSPS) is 33.8. The van der Waals surface area contributed by atoms with Crippen molar-refractivity contribution >= 4 is 0 Å². The van der Waals surface area contributed by atoms with E-state index in [4.69, 9.17) is 0 Å². The summed E-state index contributed by atoms with van der Waals surface area (Å²) in [5, 5.41) is 0. The zero-order valence-corrected chi connectivity index (χ0v) is 21.2. The van der Waals surface area contributed by atoms with Crippen molar-refractivity contribution in [1.29, 1.82) is 0 Å². The molecule has 3 rings (SSSR count). The molecule has 0 aromatic heterocycles. The van der Waals surface area contributed by atoms with Gasteiger partial charge in [0.2, 0.25) is 0 Å². The minimum atomic E-state index is -0.727. The molecule has 0 unspecified atom stereocenters. The van der Waals surface area contributed by atoms with Crippen LogP contribution in [0.5, 0.6) is 0 Å². The Labute approximate surface area is 155 Å². The second kappa shape index (κ2) is 7.41. The quantitative estimate of drug-likeness (QED) is 0.499. The summed E-state index contributed by atoms with van der Waals surface area (Å²) in [5.74, 6) is 0.881. The molecule has 0 spiro atoms. The zero-order valence-electron chi connectivity index (χ0n) is 13.0. The molecule has 0 nitrogen and oxygen atoms in total. The molecule has 0 aliphatic heterocycles. The Morgan fingerprint density at radius 3 is 1.90 bits per heavy atom. The maximum absolute atomic E-state index is 13.4. The molecule has 112 valence electrons. The van der Waals surface area contributed by atoms with Crippen molar-refractivity contribution in [2.24, 2.45) is 11.8 Å². The van der Waals surface area contributed by atoms with E-state index in [0.29, 0.717) is 48.7 Å². The van der Waals surface area contributed by atoms with E-state index in [1.807, 2.05) is 0 Å². The Hall–Kier alpha value is 0.548. The topological polar surface area (TPSA) is 0 Å². The minimum absolute atomic E-state index is 0.441. The SMILES string of the molecule is Fc1ccc(C2CCC(C3CC[CH]([RaH])CC3)CC2)cc1F. The average Bonchev–Trinajstić information content (AvgIpc) is 2.51. The third kappa shape index (κ3) is 4.09. The summed E-state index contributed by atoms with van der Waals surface area (Å²) in [5.41, 5.74) is 1.000. The molecule has 0 N–H and O–H groups in total. The van der Waals surface area contributed by atoms with E-state index in [1.54, 1.807) is 6.07 Å². The number of hydrogen-bond donors (Lipinski definition) is 0. The van der Waals surface area contributed by atoms with Gasteiger partial charge in [0, 0.05) is 0 Å². The van der Waals surface area contributed by atoms with Crippen LogP contribution in [0, 0.1) is 66.3 Å². The molecule has 0 atom stereocenters. The van der Waals surface area contributed by atoms with E-state index < -0.39 is 11.6 Å². The third-order valence-corrected chi connectivity index (χ3v) is 10.7. The van der Waals surface area contributed by atoms with Gasteiger partial charge in [0.25, 0.3) is 0 Å². The molecule has 0 saturated heterocycles. The first-order chi connectivity index (χ1) is 10.1. The monoisotopic (exact) mass is 504 g/mol. The van der Waals surface area contributed by atoms with Gasteiger partial charge in [0.05, 0.1) is 0 Å². The van der Waals surface area contributed by atoms with E-state index >= 15 is 0 Å². The van der Waals surface area contributed by atoms with Crippen molar-refractivity contribution in [3.8, 4) is 0 Å². The van der Waals surface area contributed by atoms with Crippen LogP contribution in [0.4, 0.5) is 8.78 Å². The molecule has 0 radical (unpaired) electrons. The van der Waals surface area contributed by atoms with Crippen LogP contribution in [0.2, 0.25) is 0.959 Å². The molecule has 1 aromatic rings. The molecule has 2 fully saturated rings. The molecule has 2 aliphatic rings. The number of rotatable bonds is 2. The molecular formula is C18H24F2Ra. The molecule has 3 heteroatoms. The summed E-state index contributed by atoms with van der Waals surface area (Å²) in [6.07, 6.45) is 10.8. The summed E-state index contributed by atoms with van der Waals surface area (Å²) >= 11 is 0.712. The molecule has 1 aromatic carbocycles. The maximum atomic E-state index is 13.4. The van der Waals surface area contributed by atoms with Gasteiger partial charge in [0.1, 0.15) is 0 Å². The molecule has 21 heavy (non-hydrogen) atoms. The predicted octanol–water partition coefficient (Wildman–Crippen LogP) is 5.50. The van der Waals surface area contributed by atoms with Gasteiger partial charge in [-0.1, -0.05) is 0 Å². The Morgan fingerprint density at radius 2 is 1.33 bits per heavy atom. The van der Waals surface area contributed by atoms with E-state index in [-0.39, 0.29) is 0 Å². The van der Waals surface area contributed by atoms with E-state index in [9.17, 15) is 8.78 Å². The fourth-order valence-corrected chi connectivity index (χ4v) is 7.19. The summed E-state index contributed by atoms with van der Waals surface area (Å²) < 4.78 is 27.5. The Balaban J connectivity index is 1.56.